The van der Waals surface area contributed by atoms with Crippen molar-refractivity contribution in [3.05, 3.63) is 79.1 Å². The third-order valence-corrected chi connectivity index (χ3v) is 6.60. The van der Waals surface area contributed by atoms with Crippen molar-refractivity contribution in [3.63, 3.8) is 0 Å². The summed E-state index contributed by atoms with van der Waals surface area (Å²) >= 11 is 0. The van der Waals surface area contributed by atoms with E-state index in [2.05, 4.69) is 25.0 Å². The maximum absolute atomic E-state index is 13.4. The van der Waals surface area contributed by atoms with E-state index in [0.29, 0.717) is 28.5 Å². The van der Waals surface area contributed by atoms with Crippen LogP contribution in [0.3, 0.4) is 0 Å². The van der Waals surface area contributed by atoms with Crippen LogP contribution in [0, 0.1) is 5.82 Å². The van der Waals surface area contributed by atoms with Gasteiger partial charge in [0.15, 0.2) is 0 Å². The zero-order valence-electron chi connectivity index (χ0n) is 18.1. The maximum atomic E-state index is 13.4. The first-order chi connectivity index (χ1) is 16.9. The van der Waals surface area contributed by atoms with Gasteiger partial charge in [0.1, 0.15) is 29.2 Å². The first-order valence-corrected chi connectivity index (χ1v) is 12.0. The van der Waals surface area contributed by atoms with Gasteiger partial charge in [0, 0.05) is 31.0 Å². The van der Waals surface area contributed by atoms with Gasteiger partial charge in [0.05, 0.1) is 10.6 Å². The van der Waals surface area contributed by atoms with Gasteiger partial charge in [-0.2, -0.15) is 4.98 Å². The molecule has 3 heterocycles. The van der Waals surface area contributed by atoms with Crippen molar-refractivity contribution >= 4 is 21.8 Å². The van der Waals surface area contributed by atoms with Crippen molar-refractivity contribution in [3.8, 4) is 28.4 Å². The number of halogens is 1. The molecule has 0 aliphatic heterocycles. The molecular formula is C23H19FN6O4S. The molecule has 0 amide bonds. The Balaban J connectivity index is 1.33. The molecule has 0 aliphatic carbocycles. The summed E-state index contributed by atoms with van der Waals surface area (Å²) in [6, 6.07) is 12.9. The lowest BCUT2D eigenvalue weighted by molar-refractivity contribution is 0.474. The van der Waals surface area contributed by atoms with Crippen LogP contribution in [0.15, 0.2) is 82.6 Å². The fourth-order valence-corrected chi connectivity index (χ4v) is 4.52. The molecule has 10 nitrogen and oxygen atoms in total. The van der Waals surface area contributed by atoms with E-state index in [1.54, 1.807) is 35.0 Å². The van der Waals surface area contributed by atoms with E-state index in [9.17, 15) is 17.9 Å². The molecule has 0 fully saturated rings. The SMILES string of the molecule is O=S(=O)(NCCNc1nccc(-c2c(-c3ccc(F)cc3)nc3occn23)n1)c1ccc(O)cc1. The molecule has 3 aromatic heterocycles. The number of oxazole rings is 1. The Morgan fingerprint density at radius 3 is 2.54 bits per heavy atom. The van der Waals surface area contributed by atoms with E-state index in [1.165, 1.54) is 42.7 Å². The molecule has 178 valence electrons. The fourth-order valence-electron chi connectivity index (χ4n) is 3.48. The van der Waals surface area contributed by atoms with Crippen molar-refractivity contribution in [2.45, 2.75) is 4.90 Å². The molecular weight excluding hydrogens is 475 g/mol. The van der Waals surface area contributed by atoms with Crippen LogP contribution < -0.4 is 10.0 Å². The molecule has 5 aromatic rings. The number of imidazole rings is 1. The van der Waals surface area contributed by atoms with Gasteiger partial charge in [-0.3, -0.25) is 4.40 Å². The molecule has 0 atom stereocenters. The minimum absolute atomic E-state index is 0.0175. The summed E-state index contributed by atoms with van der Waals surface area (Å²) in [5.74, 6) is 0.273. The van der Waals surface area contributed by atoms with Gasteiger partial charge in [-0.1, -0.05) is 0 Å². The van der Waals surface area contributed by atoms with Gasteiger partial charge < -0.3 is 14.8 Å². The third-order valence-electron chi connectivity index (χ3n) is 5.13. The monoisotopic (exact) mass is 494 g/mol. The Morgan fingerprint density at radius 2 is 1.77 bits per heavy atom. The highest BCUT2D eigenvalue weighted by Crippen LogP contribution is 2.32. The van der Waals surface area contributed by atoms with Crippen LogP contribution >= 0.6 is 0 Å². The quantitative estimate of drug-likeness (QED) is 0.280. The zero-order valence-corrected chi connectivity index (χ0v) is 18.9. The molecule has 0 bridgehead atoms. The number of benzene rings is 2. The second-order valence-corrected chi connectivity index (χ2v) is 9.22. The number of hydrogen-bond acceptors (Lipinski definition) is 8. The standard InChI is InChI=1S/C23H19FN6O4S/c24-16-3-1-15(2-4-16)20-21(30-13-14-34-23(30)29-20)19-9-10-25-22(28-19)26-11-12-27-35(32,33)18-7-5-17(31)6-8-18/h1-10,13-14,27,31H,11-12H2,(H,25,26,28). The van der Waals surface area contributed by atoms with Crippen molar-refractivity contribution in [1.82, 2.24) is 24.1 Å². The smallest absolute Gasteiger partial charge is 0.306 e. The van der Waals surface area contributed by atoms with Crippen molar-refractivity contribution in [2.75, 3.05) is 18.4 Å². The predicted molar refractivity (Wildman–Crippen MR) is 126 cm³/mol. The Hall–Kier alpha value is -4.29. The number of phenols is 1. The number of rotatable bonds is 8. The first kappa shape index (κ1) is 22.5. The zero-order chi connectivity index (χ0) is 24.4. The number of aromatic hydroxyl groups is 1. The molecule has 0 aliphatic rings. The van der Waals surface area contributed by atoms with E-state index in [4.69, 9.17) is 4.42 Å². The Labute approximate surface area is 199 Å². The second-order valence-electron chi connectivity index (χ2n) is 7.46. The second kappa shape index (κ2) is 9.16. The molecule has 0 unspecified atom stereocenters. The summed E-state index contributed by atoms with van der Waals surface area (Å²) in [4.78, 5) is 13.3. The van der Waals surface area contributed by atoms with Gasteiger partial charge in [0.2, 0.25) is 16.0 Å². The number of aromatic nitrogens is 4. The Morgan fingerprint density at radius 1 is 1.00 bits per heavy atom. The van der Waals surface area contributed by atoms with Gasteiger partial charge in [-0.05, 0) is 54.6 Å². The molecule has 2 aromatic carbocycles. The van der Waals surface area contributed by atoms with Gasteiger partial charge in [0.25, 0.3) is 0 Å². The summed E-state index contributed by atoms with van der Waals surface area (Å²) in [6.07, 6.45) is 4.78. The summed E-state index contributed by atoms with van der Waals surface area (Å²) in [7, 11) is -3.72. The van der Waals surface area contributed by atoms with Crippen LogP contribution in [0.25, 0.3) is 28.5 Å². The summed E-state index contributed by atoms with van der Waals surface area (Å²) in [6.45, 7) is 0.301. The van der Waals surface area contributed by atoms with Crippen LogP contribution in [-0.2, 0) is 10.0 Å². The van der Waals surface area contributed by atoms with Gasteiger partial charge in [-0.25, -0.2) is 27.5 Å². The lowest BCUT2D eigenvalue weighted by atomic mass is 10.1. The highest BCUT2D eigenvalue weighted by Gasteiger charge is 2.19. The van der Waals surface area contributed by atoms with Crippen LogP contribution in [0.5, 0.6) is 5.75 Å². The molecule has 0 radical (unpaired) electrons. The summed E-state index contributed by atoms with van der Waals surface area (Å²) < 4.78 is 47.8. The van der Waals surface area contributed by atoms with Crippen LogP contribution in [-0.4, -0.2) is 46.0 Å². The topological polar surface area (TPSA) is 135 Å². The van der Waals surface area contributed by atoms with Crippen molar-refractivity contribution < 1.29 is 22.3 Å². The van der Waals surface area contributed by atoms with Gasteiger partial charge >= 0.3 is 5.84 Å². The maximum Gasteiger partial charge on any atom is 0.306 e. The van der Waals surface area contributed by atoms with E-state index < -0.39 is 10.0 Å². The van der Waals surface area contributed by atoms with E-state index in [1.807, 2.05) is 0 Å². The lowest BCUT2D eigenvalue weighted by Crippen LogP contribution is -2.29. The summed E-state index contributed by atoms with van der Waals surface area (Å²) in [5, 5.41) is 12.3. The molecule has 3 N–H and O–H groups in total. The number of fused-ring (bicyclic) bond motifs is 1. The first-order valence-electron chi connectivity index (χ1n) is 10.5. The van der Waals surface area contributed by atoms with E-state index in [0.717, 1.165) is 0 Å². The van der Waals surface area contributed by atoms with Crippen LogP contribution in [0.1, 0.15) is 0 Å². The number of anilines is 1. The fraction of sp³-hybridized carbons (Fsp3) is 0.0870. The number of nitrogens with one attached hydrogen (secondary N) is 2. The minimum atomic E-state index is -3.72. The number of sulfonamides is 1. The highest BCUT2D eigenvalue weighted by atomic mass is 32.2. The number of phenolic OH excluding ortho intramolecular Hbond substituents is 1. The largest absolute Gasteiger partial charge is 0.508 e. The molecule has 0 spiro atoms. The summed E-state index contributed by atoms with van der Waals surface area (Å²) in [5.41, 5.74) is 2.44. The molecule has 0 saturated carbocycles. The van der Waals surface area contributed by atoms with E-state index >= 15 is 0 Å². The minimum Gasteiger partial charge on any atom is -0.508 e. The third kappa shape index (κ3) is 4.69. The average Bonchev–Trinajstić information content (AvgIpc) is 3.44. The Bertz CT molecular complexity index is 1580. The van der Waals surface area contributed by atoms with E-state index in [-0.39, 0.29) is 35.5 Å². The van der Waals surface area contributed by atoms with Crippen molar-refractivity contribution in [1.29, 1.82) is 0 Å². The van der Waals surface area contributed by atoms with Crippen LogP contribution in [0.4, 0.5) is 10.3 Å². The average molecular weight is 495 g/mol. The molecule has 35 heavy (non-hydrogen) atoms. The number of hydrogen-bond donors (Lipinski definition) is 3. The molecule has 0 saturated heterocycles. The highest BCUT2D eigenvalue weighted by molar-refractivity contribution is 7.89. The molecule has 5 rings (SSSR count). The normalized spacial score (nSPS) is 11.7. The predicted octanol–water partition coefficient (Wildman–Crippen LogP) is 3.29. The van der Waals surface area contributed by atoms with Gasteiger partial charge in [-0.15, -0.1) is 0 Å². The number of nitrogens with zero attached hydrogens (tertiary/aromatic N) is 4. The molecule has 12 heteroatoms. The van der Waals surface area contributed by atoms with Crippen LogP contribution in [0.2, 0.25) is 0 Å². The lowest BCUT2D eigenvalue weighted by Gasteiger charge is -2.09. The van der Waals surface area contributed by atoms with Crippen molar-refractivity contribution in [2.24, 2.45) is 0 Å². The Kier molecular flexibility index (Phi) is 5.89.